The molecule has 126 valence electrons. The second-order valence-corrected chi connectivity index (χ2v) is 7.02. The number of pyridine rings is 1. The number of aryl methyl sites for hydroxylation is 3. The molecule has 3 aromatic heterocycles. The van der Waals surface area contributed by atoms with Gasteiger partial charge in [-0.1, -0.05) is 0 Å². The van der Waals surface area contributed by atoms with Gasteiger partial charge in [-0.05, 0) is 26.3 Å². The first-order valence-corrected chi connectivity index (χ1v) is 8.42. The molecule has 0 amide bonds. The molecule has 7 heteroatoms. The highest BCUT2D eigenvalue weighted by Crippen LogP contribution is 2.34. The van der Waals surface area contributed by atoms with Gasteiger partial charge in [-0.2, -0.15) is 0 Å². The second-order valence-electron chi connectivity index (χ2n) is 5.82. The Morgan fingerprint density at radius 2 is 2.04 bits per heavy atom. The van der Waals surface area contributed by atoms with Crippen molar-refractivity contribution in [1.29, 1.82) is 0 Å². The topological polar surface area (TPSA) is 71.1 Å². The van der Waals surface area contributed by atoms with Crippen molar-refractivity contribution in [3.8, 4) is 5.75 Å². The zero-order valence-electron chi connectivity index (χ0n) is 14.4. The minimum absolute atomic E-state index is 0.0934. The number of aromatic nitrogens is 3. The number of H-pyrrole nitrogens is 1. The van der Waals surface area contributed by atoms with Crippen molar-refractivity contribution >= 4 is 27.4 Å². The number of rotatable bonds is 4. The first-order chi connectivity index (χ1) is 11.4. The van der Waals surface area contributed by atoms with E-state index in [4.69, 9.17) is 4.74 Å². The second kappa shape index (κ2) is 6.24. The van der Waals surface area contributed by atoms with Gasteiger partial charge in [0, 0.05) is 30.2 Å². The third kappa shape index (κ3) is 2.65. The molecular weight excluding hydrogens is 324 g/mol. The molecule has 0 aliphatic carbocycles. The lowest BCUT2D eigenvalue weighted by Crippen LogP contribution is -2.24. The molecule has 0 fully saturated rings. The molecule has 3 heterocycles. The summed E-state index contributed by atoms with van der Waals surface area (Å²) in [6.45, 7) is 6.42. The fourth-order valence-electron chi connectivity index (χ4n) is 2.79. The number of hydrogen-bond acceptors (Lipinski definition) is 6. The van der Waals surface area contributed by atoms with Gasteiger partial charge >= 0.3 is 0 Å². The van der Waals surface area contributed by atoms with Crippen LogP contribution in [0.5, 0.6) is 5.75 Å². The van der Waals surface area contributed by atoms with Crippen LogP contribution in [-0.4, -0.2) is 29.1 Å². The average Bonchev–Trinajstić information content (AvgIpc) is 2.85. The molecule has 0 radical (unpaired) electrons. The van der Waals surface area contributed by atoms with Crippen LogP contribution in [0, 0.1) is 20.8 Å². The number of ether oxygens (including phenoxy) is 1. The highest BCUT2D eigenvalue weighted by molar-refractivity contribution is 7.18. The van der Waals surface area contributed by atoms with Gasteiger partial charge in [0.2, 0.25) is 5.43 Å². The van der Waals surface area contributed by atoms with Gasteiger partial charge in [0.05, 0.1) is 18.2 Å². The normalized spacial score (nSPS) is 11.0. The van der Waals surface area contributed by atoms with E-state index >= 15 is 0 Å². The molecule has 0 bridgehead atoms. The predicted octanol–water partition coefficient (Wildman–Crippen LogP) is 2.95. The van der Waals surface area contributed by atoms with Crippen molar-refractivity contribution in [2.45, 2.75) is 27.3 Å². The minimum atomic E-state index is -0.0934. The van der Waals surface area contributed by atoms with Crippen molar-refractivity contribution in [3.63, 3.8) is 0 Å². The summed E-state index contributed by atoms with van der Waals surface area (Å²) in [5, 5.41) is 1.05. The van der Waals surface area contributed by atoms with E-state index in [0.717, 1.165) is 21.7 Å². The van der Waals surface area contributed by atoms with Crippen LogP contribution in [0.1, 0.15) is 21.7 Å². The van der Waals surface area contributed by atoms with Crippen LogP contribution in [0.3, 0.4) is 0 Å². The summed E-state index contributed by atoms with van der Waals surface area (Å²) in [7, 11) is 3.44. The van der Waals surface area contributed by atoms with Gasteiger partial charge in [0.15, 0.2) is 5.75 Å². The van der Waals surface area contributed by atoms with Gasteiger partial charge in [-0.25, -0.2) is 9.97 Å². The van der Waals surface area contributed by atoms with Crippen LogP contribution < -0.4 is 15.1 Å². The lowest BCUT2D eigenvalue weighted by Gasteiger charge is -2.19. The Bertz CT molecular complexity index is 961. The van der Waals surface area contributed by atoms with Crippen molar-refractivity contribution in [1.82, 2.24) is 15.0 Å². The number of anilines is 1. The van der Waals surface area contributed by atoms with E-state index < -0.39 is 0 Å². The molecule has 0 saturated heterocycles. The van der Waals surface area contributed by atoms with Crippen LogP contribution in [0.15, 0.2) is 17.3 Å². The van der Waals surface area contributed by atoms with Crippen LogP contribution in [-0.2, 0) is 6.54 Å². The highest BCUT2D eigenvalue weighted by Gasteiger charge is 2.17. The van der Waals surface area contributed by atoms with E-state index in [1.165, 1.54) is 17.6 Å². The quantitative estimate of drug-likeness (QED) is 0.788. The molecule has 0 saturated carbocycles. The number of nitrogens with zero attached hydrogens (tertiary/aromatic N) is 3. The third-order valence-corrected chi connectivity index (χ3v) is 5.34. The number of methoxy groups -OCH3 is 1. The summed E-state index contributed by atoms with van der Waals surface area (Å²) in [6, 6.07) is 0. The number of nitrogens with one attached hydrogen (secondary N) is 1. The third-order valence-electron chi connectivity index (χ3n) is 4.22. The molecule has 0 aliphatic heterocycles. The van der Waals surface area contributed by atoms with Gasteiger partial charge in [-0.15, -0.1) is 11.3 Å². The molecule has 0 aliphatic rings. The summed E-state index contributed by atoms with van der Waals surface area (Å²) in [5.74, 6) is 1.19. The largest absolute Gasteiger partial charge is 0.491 e. The van der Waals surface area contributed by atoms with Gasteiger partial charge < -0.3 is 14.6 Å². The summed E-state index contributed by atoms with van der Waals surface area (Å²) in [5.41, 5.74) is 2.45. The maximum atomic E-state index is 12.5. The van der Waals surface area contributed by atoms with Crippen molar-refractivity contribution in [2.75, 3.05) is 19.1 Å². The Kier molecular flexibility index (Phi) is 4.28. The zero-order valence-corrected chi connectivity index (χ0v) is 15.2. The van der Waals surface area contributed by atoms with Gasteiger partial charge in [-0.3, -0.25) is 4.79 Å². The summed E-state index contributed by atoms with van der Waals surface area (Å²) < 4.78 is 5.21. The SMILES string of the molecule is COc1c(C)[nH]cc(CN(C)c2ncnc3sc(C)c(C)c23)c1=O. The predicted molar refractivity (Wildman–Crippen MR) is 97.3 cm³/mol. The Hall–Kier alpha value is -2.41. The standard InChI is InChI=1S/C17H20N4O2S/c1-9-11(3)24-17-13(9)16(19-8-20-17)21(4)7-12-6-18-10(2)15(23-5)14(12)22/h6,8H,7H2,1-5H3,(H,18,22). The molecule has 24 heavy (non-hydrogen) atoms. The van der Waals surface area contributed by atoms with E-state index in [2.05, 4.69) is 28.8 Å². The number of aromatic amines is 1. The Labute approximate surface area is 144 Å². The van der Waals surface area contributed by atoms with E-state index in [0.29, 0.717) is 17.9 Å². The maximum absolute atomic E-state index is 12.5. The number of fused-ring (bicyclic) bond motifs is 1. The molecule has 0 aromatic carbocycles. The van der Waals surface area contributed by atoms with Crippen molar-refractivity contribution < 1.29 is 4.74 Å². The van der Waals surface area contributed by atoms with Crippen LogP contribution in [0.25, 0.3) is 10.2 Å². The van der Waals surface area contributed by atoms with Gasteiger partial charge in [0.25, 0.3) is 0 Å². The summed E-state index contributed by atoms with van der Waals surface area (Å²) in [6.07, 6.45) is 3.31. The Balaban J connectivity index is 2.03. The van der Waals surface area contributed by atoms with Crippen LogP contribution in [0.4, 0.5) is 5.82 Å². The highest BCUT2D eigenvalue weighted by atomic mass is 32.1. The van der Waals surface area contributed by atoms with Crippen LogP contribution >= 0.6 is 11.3 Å². The summed E-state index contributed by atoms with van der Waals surface area (Å²) in [4.78, 5) is 28.6. The fraction of sp³-hybridized carbons (Fsp3) is 0.353. The molecule has 3 aromatic rings. The molecular formula is C17H20N4O2S. The molecule has 3 rings (SSSR count). The fourth-order valence-corrected chi connectivity index (χ4v) is 3.78. The van der Waals surface area contributed by atoms with E-state index in [9.17, 15) is 4.79 Å². The molecule has 6 nitrogen and oxygen atoms in total. The van der Waals surface area contributed by atoms with Crippen LogP contribution in [0.2, 0.25) is 0 Å². The lowest BCUT2D eigenvalue weighted by molar-refractivity contribution is 0.404. The first-order valence-electron chi connectivity index (χ1n) is 7.61. The van der Waals surface area contributed by atoms with Crippen molar-refractivity contribution in [3.05, 3.63) is 44.4 Å². The average molecular weight is 344 g/mol. The number of hydrogen-bond donors (Lipinski definition) is 1. The smallest absolute Gasteiger partial charge is 0.228 e. The molecule has 0 unspecified atom stereocenters. The summed E-state index contributed by atoms with van der Waals surface area (Å²) >= 11 is 1.66. The van der Waals surface area contributed by atoms with E-state index in [1.807, 2.05) is 18.9 Å². The van der Waals surface area contributed by atoms with E-state index in [-0.39, 0.29) is 5.43 Å². The van der Waals surface area contributed by atoms with E-state index in [1.54, 1.807) is 23.9 Å². The van der Waals surface area contributed by atoms with Gasteiger partial charge in [0.1, 0.15) is 17.0 Å². The van der Waals surface area contributed by atoms with Crippen molar-refractivity contribution in [2.24, 2.45) is 0 Å². The molecule has 0 spiro atoms. The Morgan fingerprint density at radius 3 is 2.75 bits per heavy atom. The molecule has 0 atom stereocenters. The zero-order chi connectivity index (χ0) is 17.4. The molecule has 1 N–H and O–H groups in total. The Morgan fingerprint density at radius 1 is 1.29 bits per heavy atom. The maximum Gasteiger partial charge on any atom is 0.228 e. The first kappa shape index (κ1) is 16.4. The minimum Gasteiger partial charge on any atom is -0.491 e. The monoisotopic (exact) mass is 344 g/mol. The number of thiophene rings is 1. The lowest BCUT2D eigenvalue weighted by atomic mass is 10.2.